The third kappa shape index (κ3) is 3.22. The van der Waals surface area contributed by atoms with E-state index in [4.69, 9.17) is 11.6 Å². The molecule has 0 saturated carbocycles. The van der Waals surface area contributed by atoms with Crippen LogP contribution < -0.4 is 5.32 Å². The van der Waals surface area contributed by atoms with Crippen LogP contribution in [-0.2, 0) is 0 Å². The van der Waals surface area contributed by atoms with Crippen LogP contribution in [-0.4, -0.2) is 17.7 Å². The van der Waals surface area contributed by atoms with E-state index >= 15 is 0 Å². The van der Waals surface area contributed by atoms with Gasteiger partial charge in [0.25, 0.3) is 0 Å². The van der Waals surface area contributed by atoms with Crippen LogP contribution in [0.25, 0.3) is 0 Å². The lowest BCUT2D eigenvalue weighted by Crippen LogP contribution is -2.41. The molecule has 2 rings (SSSR count). The topological polar surface area (TPSA) is 32.3 Å². The average molecular weight is 319 g/mol. The van der Waals surface area contributed by atoms with E-state index in [1.54, 1.807) is 0 Å². The Morgan fingerprint density at radius 2 is 2.29 bits per heavy atom. The summed E-state index contributed by atoms with van der Waals surface area (Å²) in [6.07, 6.45) is 1.71. The van der Waals surface area contributed by atoms with Crippen molar-refractivity contribution in [1.82, 2.24) is 5.32 Å². The van der Waals surface area contributed by atoms with Gasteiger partial charge in [0.1, 0.15) is 0 Å². The van der Waals surface area contributed by atoms with Crippen LogP contribution >= 0.6 is 27.5 Å². The van der Waals surface area contributed by atoms with Gasteiger partial charge in [0, 0.05) is 15.5 Å². The average Bonchev–Trinajstić information content (AvgIpc) is 2.28. The van der Waals surface area contributed by atoms with Gasteiger partial charge in [-0.15, -0.1) is 0 Å². The van der Waals surface area contributed by atoms with E-state index in [-0.39, 0.29) is 6.04 Å². The third-order valence-corrected chi connectivity index (χ3v) is 4.28. The predicted octanol–water partition coefficient (Wildman–Crippen LogP) is 3.52. The van der Waals surface area contributed by atoms with E-state index in [1.807, 2.05) is 18.2 Å². The van der Waals surface area contributed by atoms with Gasteiger partial charge >= 0.3 is 0 Å². The molecular weight excluding hydrogens is 302 g/mol. The van der Waals surface area contributed by atoms with Crippen molar-refractivity contribution in [2.45, 2.75) is 31.9 Å². The second-order valence-corrected chi connectivity index (χ2v) is 6.09. The summed E-state index contributed by atoms with van der Waals surface area (Å²) in [5, 5.41) is 14.5. The van der Waals surface area contributed by atoms with E-state index in [0.29, 0.717) is 10.9 Å². The molecule has 1 heterocycles. The zero-order valence-electron chi connectivity index (χ0n) is 9.79. The van der Waals surface area contributed by atoms with Crippen molar-refractivity contribution in [3.63, 3.8) is 0 Å². The van der Waals surface area contributed by atoms with Gasteiger partial charge in [-0.05, 0) is 43.0 Å². The van der Waals surface area contributed by atoms with Crippen LogP contribution in [0.15, 0.2) is 22.7 Å². The largest absolute Gasteiger partial charge is 0.387 e. The minimum absolute atomic E-state index is 0.135. The number of aliphatic hydroxyl groups is 1. The number of hydrogen-bond donors (Lipinski definition) is 2. The number of rotatable bonds is 2. The maximum absolute atomic E-state index is 10.4. The van der Waals surface area contributed by atoms with Crippen LogP contribution in [0.2, 0.25) is 5.02 Å². The molecule has 0 spiro atoms. The summed E-state index contributed by atoms with van der Waals surface area (Å²) < 4.78 is 0.873. The van der Waals surface area contributed by atoms with Crippen LogP contribution in [0.1, 0.15) is 31.4 Å². The summed E-state index contributed by atoms with van der Waals surface area (Å²) in [6, 6.07) is 5.66. The molecule has 0 bridgehead atoms. The molecule has 17 heavy (non-hydrogen) atoms. The Kier molecular flexibility index (Phi) is 4.47. The molecule has 3 atom stereocenters. The van der Waals surface area contributed by atoms with Gasteiger partial charge in [-0.25, -0.2) is 0 Å². The Morgan fingerprint density at radius 3 is 2.94 bits per heavy atom. The summed E-state index contributed by atoms with van der Waals surface area (Å²) in [7, 11) is 0. The molecule has 1 fully saturated rings. The molecule has 1 saturated heterocycles. The summed E-state index contributed by atoms with van der Waals surface area (Å²) in [5.41, 5.74) is 0.904. The smallest absolute Gasteiger partial charge is 0.0953 e. The number of hydrogen-bond acceptors (Lipinski definition) is 2. The molecule has 2 nitrogen and oxygen atoms in total. The van der Waals surface area contributed by atoms with Gasteiger partial charge in [-0.3, -0.25) is 0 Å². The first-order valence-corrected chi connectivity index (χ1v) is 7.11. The highest BCUT2D eigenvalue weighted by molar-refractivity contribution is 9.10. The van der Waals surface area contributed by atoms with Crippen LogP contribution in [0.5, 0.6) is 0 Å². The van der Waals surface area contributed by atoms with Crippen molar-refractivity contribution >= 4 is 27.5 Å². The van der Waals surface area contributed by atoms with Crippen LogP contribution in [0.3, 0.4) is 0 Å². The molecule has 2 N–H and O–H groups in total. The number of nitrogens with one attached hydrogen (secondary N) is 1. The lowest BCUT2D eigenvalue weighted by atomic mass is 9.89. The van der Waals surface area contributed by atoms with Crippen molar-refractivity contribution in [2.24, 2.45) is 5.92 Å². The highest BCUT2D eigenvalue weighted by atomic mass is 79.9. The van der Waals surface area contributed by atoms with E-state index in [9.17, 15) is 5.11 Å². The molecule has 1 aliphatic heterocycles. The molecule has 4 heteroatoms. The third-order valence-electron chi connectivity index (χ3n) is 3.36. The zero-order valence-corrected chi connectivity index (χ0v) is 12.1. The van der Waals surface area contributed by atoms with Crippen molar-refractivity contribution < 1.29 is 5.11 Å². The summed E-state index contributed by atoms with van der Waals surface area (Å²) in [5.74, 6) is 0.668. The molecule has 0 radical (unpaired) electrons. The number of halogens is 2. The first-order valence-electron chi connectivity index (χ1n) is 5.94. The predicted molar refractivity (Wildman–Crippen MR) is 74.3 cm³/mol. The van der Waals surface area contributed by atoms with Crippen molar-refractivity contribution in [3.8, 4) is 0 Å². The van der Waals surface area contributed by atoms with Gasteiger partial charge in [0.2, 0.25) is 0 Å². The van der Waals surface area contributed by atoms with Crippen molar-refractivity contribution in [1.29, 1.82) is 0 Å². The fourth-order valence-corrected chi connectivity index (χ4v) is 3.27. The van der Waals surface area contributed by atoms with E-state index in [1.165, 1.54) is 6.42 Å². The molecule has 0 aliphatic carbocycles. The molecule has 1 aromatic rings. The lowest BCUT2D eigenvalue weighted by Gasteiger charge is -2.32. The normalized spacial score (nSPS) is 26.8. The fourth-order valence-electron chi connectivity index (χ4n) is 2.35. The van der Waals surface area contributed by atoms with Crippen molar-refractivity contribution in [3.05, 3.63) is 33.3 Å². The second-order valence-electron chi connectivity index (χ2n) is 4.80. The molecular formula is C13H17BrClNO. The Hall–Kier alpha value is -0.0900. The number of aliphatic hydroxyl groups excluding tert-OH is 1. The Morgan fingerprint density at radius 1 is 1.53 bits per heavy atom. The molecule has 1 aliphatic rings. The maximum Gasteiger partial charge on any atom is 0.0953 e. The fraction of sp³-hybridized carbons (Fsp3) is 0.538. The summed E-state index contributed by atoms with van der Waals surface area (Å²) in [6.45, 7) is 3.21. The van der Waals surface area contributed by atoms with E-state index in [2.05, 4.69) is 28.2 Å². The molecule has 0 aromatic heterocycles. The van der Waals surface area contributed by atoms with E-state index < -0.39 is 6.10 Å². The van der Waals surface area contributed by atoms with Crippen LogP contribution in [0.4, 0.5) is 0 Å². The Balaban J connectivity index is 2.15. The first-order chi connectivity index (χ1) is 8.08. The van der Waals surface area contributed by atoms with E-state index in [0.717, 1.165) is 23.0 Å². The molecule has 1 aromatic carbocycles. The quantitative estimate of drug-likeness (QED) is 0.874. The zero-order chi connectivity index (χ0) is 12.4. The molecule has 3 unspecified atom stereocenters. The minimum atomic E-state index is -0.482. The molecule has 94 valence electrons. The van der Waals surface area contributed by atoms with Crippen LogP contribution in [0, 0.1) is 5.92 Å². The maximum atomic E-state index is 10.4. The minimum Gasteiger partial charge on any atom is -0.387 e. The van der Waals surface area contributed by atoms with Gasteiger partial charge in [-0.1, -0.05) is 40.5 Å². The standard InChI is InChI=1S/C13H17BrClNO/c1-8-4-5-16-12(6-8)13(17)10-3-2-9(15)7-11(10)14/h2-3,7-8,12-13,16-17H,4-6H2,1H3. The number of benzene rings is 1. The second kappa shape index (κ2) is 5.70. The Bertz CT molecular complexity index is 399. The summed E-state index contributed by atoms with van der Waals surface area (Å²) >= 11 is 9.36. The number of piperidine rings is 1. The highest BCUT2D eigenvalue weighted by Gasteiger charge is 2.27. The SMILES string of the molecule is CC1CCNC(C(O)c2ccc(Cl)cc2Br)C1. The molecule has 0 amide bonds. The highest BCUT2D eigenvalue weighted by Crippen LogP contribution is 2.31. The van der Waals surface area contributed by atoms with Gasteiger partial charge in [-0.2, -0.15) is 0 Å². The first kappa shape index (κ1) is 13.3. The van der Waals surface area contributed by atoms with Gasteiger partial charge in [0.15, 0.2) is 0 Å². The van der Waals surface area contributed by atoms with Gasteiger partial charge in [0.05, 0.1) is 6.10 Å². The Labute approximate surface area is 115 Å². The van der Waals surface area contributed by atoms with Gasteiger partial charge < -0.3 is 10.4 Å². The van der Waals surface area contributed by atoms with Crippen molar-refractivity contribution in [2.75, 3.05) is 6.54 Å². The lowest BCUT2D eigenvalue weighted by molar-refractivity contribution is 0.101. The monoisotopic (exact) mass is 317 g/mol. The summed E-state index contributed by atoms with van der Waals surface area (Å²) in [4.78, 5) is 0.